The van der Waals surface area contributed by atoms with Gasteiger partial charge in [-0.25, -0.2) is 0 Å². The van der Waals surface area contributed by atoms with E-state index in [1.54, 1.807) is 12.0 Å². The van der Waals surface area contributed by atoms with Gasteiger partial charge in [0.1, 0.15) is 5.75 Å². The number of ether oxygens (including phenoxy) is 1. The lowest BCUT2D eigenvalue weighted by molar-refractivity contribution is -0.117. The normalized spacial score (nSPS) is 19.9. The second-order valence-corrected chi connectivity index (χ2v) is 5.72. The highest BCUT2D eigenvalue weighted by Gasteiger charge is 2.30. The molecular formula is C12H14BrNO2S. The number of amides is 1. The molecule has 1 aromatic rings. The molecule has 1 heterocycles. The fraction of sp³-hybridized carbons (Fsp3) is 0.417. The minimum Gasteiger partial charge on any atom is -0.495 e. The van der Waals surface area contributed by atoms with Crippen LogP contribution in [0.15, 0.2) is 16.6 Å². The third-order valence-corrected chi connectivity index (χ3v) is 4.06. The first-order chi connectivity index (χ1) is 8.02. The lowest BCUT2D eigenvalue weighted by Crippen LogP contribution is -2.25. The number of benzene rings is 1. The summed E-state index contributed by atoms with van der Waals surface area (Å²) in [5.74, 6) is 0.809. The Kier molecular flexibility index (Phi) is 3.68. The molecule has 1 aliphatic rings. The zero-order chi connectivity index (χ0) is 12.6. The molecule has 3 nitrogen and oxygen atoms in total. The Morgan fingerprint density at radius 3 is 2.76 bits per heavy atom. The van der Waals surface area contributed by atoms with Gasteiger partial charge in [-0.1, -0.05) is 15.9 Å². The Hall–Kier alpha value is -0.680. The molecule has 92 valence electrons. The Morgan fingerprint density at radius 2 is 2.24 bits per heavy atom. The number of anilines is 1. The maximum absolute atomic E-state index is 11.9. The van der Waals surface area contributed by atoms with Gasteiger partial charge < -0.3 is 9.64 Å². The molecule has 1 atom stereocenters. The van der Waals surface area contributed by atoms with E-state index in [-0.39, 0.29) is 11.2 Å². The van der Waals surface area contributed by atoms with Gasteiger partial charge in [0, 0.05) is 22.7 Å². The van der Waals surface area contributed by atoms with Crippen molar-refractivity contribution in [2.45, 2.75) is 18.6 Å². The molecule has 2 rings (SSSR count). The van der Waals surface area contributed by atoms with Crippen molar-refractivity contribution in [2.75, 3.05) is 18.6 Å². The summed E-state index contributed by atoms with van der Waals surface area (Å²) in [6, 6.07) is 3.86. The van der Waals surface area contributed by atoms with Crippen molar-refractivity contribution in [3.8, 4) is 5.75 Å². The van der Waals surface area contributed by atoms with Crippen LogP contribution in [-0.2, 0) is 4.79 Å². The molecule has 1 amide bonds. The van der Waals surface area contributed by atoms with Gasteiger partial charge in [-0.05, 0) is 24.6 Å². The highest BCUT2D eigenvalue weighted by Crippen LogP contribution is 2.36. The number of rotatable bonds is 2. The van der Waals surface area contributed by atoms with Crippen molar-refractivity contribution in [3.63, 3.8) is 0 Å². The number of aryl methyl sites for hydroxylation is 1. The second-order valence-electron chi connectivity index (χ2n) is 4.14. The van der Waals surface area contributed by atoms with E-state index in [2.05, 4.69) is 28.6 Å². The number of methoxy groups -OCH3 is 1. The quantitative estimate of drug-likeness (QED) is 0.850. The summed E-state index contributed by atoms with van der Waals surface area (Å²) in [7, 11) is 1.61. The van der Waals surface area contributed by atoms with Crippen LogP contribution in [-0.4, -0.2) is 24.8 Å². The lowest BCUT2D eigenvalue weighted by atomic mass is 10.2. The summed E-state index contributed by atoms with van der Waals surface area (Å²) < 4.78 is 6.31. The molecule has 0 N–H and O–H groups in total. The summed E-state index contributed by atoms with van der Waals surface area (Å²) in [4.78, 5) is 13.6. The second kappa shape index (κ2) is 4.90. The van der Waals surface area contributed by atoms with E-state index in [1.165, 1.54) is 0 Å². The molecule has 1 aromatic carbocycles. The first-order valence-corrected chi connectivity index (χ1v) is 6.66. The van der Waals surface area contributed by atoms with E-state index in [0.29, 0.717) is 18.7 Å². The van der Waals surface area contributed by atoms with E-state index in [1.807, 2.05) is 19.1 Å². The molecule has 5 heteroatoms. The van der Waals surface area contributed by atoms with Crippen molar-refractivity contribution in [2.24, 2.45) is 0 Å². The molecule has 0 bridgehead atoms. The number of nitrogens with zero attached hydrogens (tertiary/aromatic N) is 1. The fourth-order valence-corrected chi connectivity index (χ4v) is 2.59. The Bertz CT molecular complexity index is 464. The van der Waals surface area contributed by atoms with Crippen LogP contribution in [0.1, 0.15) is 12.0 Å². The minimum atomic E-state index is 0.102. The summed E-state index contributed by atoms with van der Waals surface area (Å²) in [6.45, 7) is 2.63. The van der Waals surface area contributed by atoms with Crippen LogP contribution in [0.5, 0.6) is 5.75 Å². The topological polar surface area (TPSA) is 29.5 Å². The van der Waals surface area contributed by atoms with Crippen LogP contribution in [0.25, 0.3) is 0 Å². The average molecular weight is 316 g/mol. The van der Waals surface area contributed by atoms with Gasteiger partial charge in [0.15, 0.2) is 0 Å². The van der Waals surface area contributed by atoms with Crippen LogP contribution >= 0.6 is 28.6 Å². The maximum atomic E-state index is 11.9. The predicted molar refractivity (Wildman–Crippen MR) is 75.2 cm³/mol. The molecule has 1 aliphatic heterocycles. The van der Waals surface area contributed by atoms with Crippen LogP contribution in [0.3, 0.4) is 0 Å². The zero-order valence-corrected chi connectivity index (χ0v) is 12.2. The Balaban J connectivity index is 2.44. The molecule has 0 radical (unpaired) electrons. The molecule has 0 saturated carbocycles. The molecule has 0 aliphatic carbocycles. The molecule has 0 aromatic heterocycles. The van der Waals surface area contributed by atoms with Gasteiger partial charge in [-0.3, -0.25) is 4.79 Å². The number of hydrogen-bond donors (Lipinski definition) is 1. The predicted octanol–water partition coefficient (Wildman–Crippen LogP) is 2.80. The van der Waals surface area contributed by atoms with Crippen LogP contribution in [0.2, 0.25) is 0 Å². The standard InChI is InChI=1S/C12H14BrNO2S/c1-7-3-10(11(16-2)5-9(7)13)14-6-8(17)4-12(14)15/h3,5,8,17H,4,6H2,1-2H3. The van der Waals surface area contributed by atoms with Crippen molar-refractivity contribution in [3.05, 3.63) is 22.2 Å². The maximum Gasteiger partial charge on any atom is 0.228 e. The molecule has 1 unspecified atom stereocenters. The fourth-order valence-electron chi connectivity index (χ4n) is 1.94. The lowest BCUT2D eigenvalue weighted by Gasteiger charge is -2.20. The van der Waals surface area contributed by atoms with E-state index in [0.717, 1.165) is 15.7 Å². The SMILES string of the molecule is COc1cc(Br)c(C)cc1N1CC(S)CC1=O. The molecule has 1 saturated heterocycles. The van der Waals surface area contributed by atoms with Gasteiger partial charge in [-0.2, -0.15) is 12.6 Å². The molecule has 0 spiro atoms. The minimum absolute atomic E-state index is 0.102. The van der Waals surface area contributed by atoms with Crippen LogP contribution in [0.4, 0.5) is 5.69 Å². The Labute approximate surface area is 115 Å². The van der Waals surface area contributed by atoms with E-state index in [4.69, 9.17) is 4.74 Å². The van der Waals surface area contributed by atoms with Gasteiger partial charge >= 0.3 is 0 Å². The van der Waals surface area contributed by atoms with Gasteiger partial charge in [0.2, 0.25) is 5.91 Å². The first-order valence-electron chi connectivity index (χ1n) is 5.35. The number of halogens is 1. The molecular weight excluding hydrogens is 302 g/mol. The van der Waals surface area contributed by atoms with Gasteiger partial charge in [0.25, 0.3) is 0 Å². The average Bonchev–Trinajstić information content (AvgIpc) is 2.61. The van der Waals surface area contributed by atoms with Crippen molar-refractivity contribution < 1.29 is 9.53 Å². The third kappa shape index (κ3) is 2.45. The summed E-state index contributed by atoms with van der Waals surface area (Å²) in [5.41, 5.74) is 1.91. The summed E-state index contributed by atoms with van der Waals surface area (Å²) in [6.07, 6.45) is 0.487. The monoisotopic (exact) mass is 315 g/mol. The van der Waals surface area contributed by atoms with Crippen molar-refractivity contribution >= 4 is 40.2 Å². The van der Waals surface area contributed by atoms with Gasteiger partial charge in [0.05, 0.1) is 12.8 Å². The number of thiol groups is 1. The number of carbonyl (C=O) groups excluding carboxylic acids is 1. The number of carbonyl (C=O) groups is 1. The van der Waals surface area contributed by atoms with Crippen LogP contribution < -0.4 is 9.64 Å². The number of hydrogen-bond acceptors (Lipinski definition) is 3. The van der Waals surface area contributed by atoms with E-state index in [9.17, 15) is 4.79 Å². The van der Waals surface area contributed by atoms with Gasteiger partial charge in [-0.15, -0.1) is 0 Å². The summed E-state index contributed by atoms with van der Waals surface area (Å²) in [5, 5.41) is 0.108. The third-order valence-electron chi connectivity index (χ3n) is 2.86. The van der Waals surface area contributed by atoms with Crippen molar-refractivity contribution in [1.82, 2.24) is 0 Å². The highest BCUT2D eigenvalue weighted by atomic mass is 79.9. The van der Waals surface area contributed by atoms with E-state index < -0.39 is 0 Å². The first kappa shape index (κ1) is 12.8. The Morgan fingerprint density at radius 1 is 1.53 bits per heavy atom. The molecule has 17 heavy (non-hydrogen) atoms. The zero-order valence-electron chi connectivity index (χ0n) is 9.74. The van der Waals surface area contributed by atoms with Crippen molar-refractivity contribution in [1.29, 1.82) is 0 Å². The highest BCUT2D eigenvalue weighted by molar-refractivity contribution is 9.10. The smallest absolute Gasteiger partial charge is 0.228 e. The summed E-state index contributed by atoms with van der Waals surface area (Å²) >= 11 is 7.82. The largest absolute Gasteiger partial charge is 0.495 e. The van der Waals surface area contributed by atoms with E-state index >= 15 is 0 Å². The van der Waals surface area contributed by atoms with Crippen LogP contribution in [0, 0.1) is 6.92 Å². The molecule has 1 fully saturated rings.